The van der Waals surface area contributed by atoms with Gasteiger partial charge in [0.05, 0.1) is 0 Å². The van der Waals surface area contributed by atoms with Crippen LogP contribution >= 0.6 is 0 Å². The van der Waals surface area contributed by atoms with E-state index in [1.165, 1.54) is 11.0 Å². The topological polar surface area (TPSA) is 46.3 Å². The molecule has 16 heavy (non-hydrogen) atoms. The zero-order chi connectivity index (χ0) is 12.3. The number of nitrogens with two attached hydrogens (primary N) is 1. The first kappa shape index (κ1) is 12.6. The summed E-state index contributed by atoms with van der Waals surface area (Å²) in [6.45, 7) is 3.75. The molecule has 0 fully saturated rings. The number of rotatable bonds is 3. The molecule has 0 aliphatic rings. The van der Waals surface area contributed by atoms with E-state index in [1.807, 2.05) is 0 Å². The first-order valence-corrected chi connectivity index (χ1v) is 5.21. The molecule has 88 valence electrons. The SMILES string of the molecule is Cc1cc(N(C)C(=O)C(C)CN)ccc1F. The lowest BCUT2D eigenvalue weighted by molar-refractivity contribution is -0.121. The molecule has 1 atom stereocenters. The van der Waals surface area contributed by atoms with Crippen LogP contribution < -0.4 is 10.6 Å². The summed E-state index contributed by atoms with van der Waals surface area (Å²) in [5.41, 5.74) is 6.65. The van der Waals surface area contributed by atoms with Crippen molar-refractivity contribution in [3.63, 3.8) is 0 Å². The number of aryl methyl sites for hydroxylation is 1. The van der Waals surface area contributed by atoms with Crippen molar-refractivity contribution >= 4 is 11.6 Å². The van der Waals surface area contributed by atoms with Gasteiger partial charge in [0.1, 0.15) is 5.82 Å². The summed E-state index contributed by atoms with van der Waals surface area (Å²) in [6.07, 6.45) is 0. The Hall–Kier alpha value is -1.42. The van der Waals surface area contributed by atoms with E-state index in [-0.39, 0.29) is 17.6 Å². The molecular weight excluding hydrogens is 207 g/mol. The highest BCUT2D eigenvalue weighted by molar-refractivity contribution is 5.94. The summed E-state index contributed by atoms with van der Waals surface area (Å²) in [5, 5.41) is 0. The first-order valence-electron chi connectivity index (χ1n) is 5.21. The van der Waals surface area contributed by atoms with Gasteiger partial charge in [-0.1, -0.05) is 6.92 Å². The van der Waals surface area contributed by atoms with Gasteiger partial charge in [-0.25, -0.2) is 4.39 Å². The van der Waals surface area contributed by atoms with Crippen LogP contribution in [-0.4, -0.2) is 19.5 Å². The third-order valence-corrected chi connectivity index (χ3v) is 2.63. The van der Waals surface area contributed by atoms with E-state index >= 15 is 0 Å². The van der Waals surface area contributed by atoms with Gasteiger partial charge in [-0.3, -0.25) is 4.79 Å². The highest BCUT2D eigenvalue weighted by atomic mass is 19.1. The lowest BCUT2D eigenvalue weighted by Crippen LogP contribution is -2.35. The van der Waals surface area contributed by atoms with Crippen LogP contribution in [0.2, 0.25) is 0 Å². The van der Waals surface area contributed by atoms with Gasteiger partial charge in [-0.15, -0.1) is 0 Å². The van der Waals surface area contributed by atoms with E-state index in [4.69, 9.17) is 5.73 Å². The Bertz CT molecular complexity index is 393. The van der Waals surface area contributed by atoms with Gasteiger partial charge in [0, 0.05) is 25.2 Å². The average Bonchev–Trinajstić information content (AvgIpc) is 2.29. The largest absolute Gasteiger partial charge is 0.330 e. The van der Waals surface area contributed by atoms with Crippen LogP contribution in [0.5, 0.6) is 0 Å². The summed E-state index contributed by atoms with van der Waals surface area (Å²) in [6, 6.07) is 4.60. The molecule has 0 saturated carbocycles. The maximum absolute atomic E-state index is 13.1. The van der Waals surface area contributed by atoms with Gasteiger partial charge in [-0.2, -0.15) is 0 Å². The Labute approximate surface area is 95.0 Å². The van der Waals surface area contributed by atoms with Crippen molar-refractivity contribution in [3.05, 3.63) is 29.6 Å². The molecule has 2 N–H and O–H groups in total. The minimum Gasteiger partial charge on any atom is -0.330 e. The predicted octanol–water partition coefficient (Wildman–Crippen LogP) is 1.69. The Balaban J connectivity index is 2.92. The number of carbonyl (C=O) groups is 1. The lowest BCUT2D eigenvalue weighted by atomic mass is 10.1. The van der Waals surface area contributed by atoms with Crippen molar-refractivity contribution in [2.75, 3.05) is 18.5 Å². The third-order valence-electron chi connectivity index (χ3n) is 2.63. The maximum Gasteiger partial charge on any atom is 0.230 e. The van der Waals surface area contributed by atoms with Gasteiger partial charge >= 0.3 is 0 Å². The van der Waals surface area contributed by atoms with Crippen LogP contribution in [-0.2, 0) is 4.79 Å². The third kappa shape index (κ3) is 2.58. The molecule has 4 heteroatoms. The summed E-state index contributed by atoms with van der Waals surface area (Å²) < 4.78 is 13.1. The van der Waals surface area contributed by atoms with Crippen molar-refractivity contribution in [3.8, 4) is 0 Å². The standard InChI is InChI=1S/C12H17FN2O/c1-8-6-10(4-5-11(8)13)15(3)12(16)9(2)7-14/h4-6,9H,7,14H2,1-3H3. The van der Waals surface area contributed by atoms with Crippen LogP contribution in [0.15, 0.2) is 18.2 Å². The number of carbonyl (C=O) groups excluding carboxylic acids is 1. The molecule has 1 aromatic rings. The molecule has 0 spiro atoms. The van der Waals surface area contributed by atoms with E-state index in [9.17, 15) is 9.18 Å². The molecule has 1 aromatic carbocycles. The summed E-state index contributed by atoms with van der Waals surface area (Å²) in [5.74, 6) is -0.555. The van der Waals surface area contributed by atoms with Crippen molar-refractivity contribution < 1.29 is 9.18 Å². The number of amides is 1. The Morgan fingerprint density at radius 3 is 2.69 bits per heavy atom. The normalized spacial score (nSPS) is 12.3. The molecule has 1 amide bonds. The van der Waals surface area contributed by atoms with Crippen LogP contribution in [0.25, 0.3) is 0 Å². The second-order valence-corrected chi connectivity index (χ2v) is 3.97. The highest BCUT2D eigenvalue weighted by Crippen LogP contribution is 2.18. The number of halogens is 1. The van der Waals surface area contributed by atoms with Crippen molar-refractivity contribution in [1.82, 2.24) is 0 Å². The quantitative estimate of drug-likeness (QED) is 0.849. The van der Waals surface area contributed by atoms with E-state index < -0.39 is 0 Å². The molecule has 0 aromatic heterocycles. The van der Waals surface area contributed by atoms with Gasteiger partial charge in [-0.05, 0) is 30.7 Å². The van der Waals surface area contributed by atoms with Gasteiger partial charge in [0.25, 0.3) is 0 Å². The Kier molecular flexibility index (Phi) is 4.01. The summed E-state index contributed by atoms with van der Waals surface area (Å²) in [7, 11) is 1.67. The molecule has 0 heterocycles. The second-order valence-electron chi connectivity index (χ2n) is 3.97. The lowest BCUT2D eigenvalue weighted by Gasteiger charge is -2.21. The van der Waals surface area contributed by atoms with Gasteiger partial charge in [0.15, 0.2) is 0 Å². The smallest absolute Gasteiger partial charge is 0.230 e. The van der Waals surface area contributed by atoms with Crippen molar-refractivity contribution in [2.45, 2.75) is 13.8 Å². The zero-order valence-electron chi connectivity index (χ0n) is 9.83. The van der Waals surface area contributed by atoms with Crippen molar-refractivity contribution in [1.29, 1.82) is 0 Å². The van der Waals surface area contributed by atoms with Crippen LogP contribution in [0.4, 0.5) is 10.1 Å². The van der Waals surface area contributed by atoms with Crippen LogP contribution in [0.3, 0.4) is 0 Å². The maximum atomic E-state index is 13.1. The Morgan fingerprint density at radius 1 is 1.56 bits per heavy atom. The fourth-order valence-electron chi connectivity index (χ4n) is 1.40. The van der Waals surface area contributed by atoms with E-state index in [0.29, 0.717) is 17.8 Å². The number of benzene rings is 1. The van der Waals surface area contributed by atoms with Crippen LogP contribution in [0.1, 0.15) is 12.5 Å². The second kappa shape index (κ2) is 5.07. The summed E-state index contributed by atoms with van der Waals surface area (Å²) >= 11 is 0. The number of hydrogen-bond acceptors (Lipinski definition) is 2. The molecule has 0 radical (unpaired) electrons. The molecule has 0 aliphatic heterocycles. The number of nitrogens with zero attached hydrogens (tertiary/aromatic N) is 1. The monoisotopic (exact) mass is 224 g/mol. The molecule has 0 bridgehead atoms. The molecule has 3 nitrogen and oxygen atoms in total. The van der Waals surface area contributed by atoms with E-state index in [0.717, 1.165) is 0 Å². The highest BCUT2D eigenvalue weighted by Gasteiger charge is 2.17. The minimum atomic E-state index is -0.267. The molecule has 1 rings (SSSR count). The fourth-order valence-corrected chi connectivity index (χ4v) is 1.40. The molecule has 0 aliphatic carbocycles. The number of hydrogen-bond donors (Lipinski definition) is 1. The minimum absolute atomic E-state index is 0.0616. The predicted molar refractivity (Wildman–Crippen MR) is 62.8 cm³/mol. The fraction of sp³-hybridized carbons (Fsp3) is 0.417. The first-order chi connectivity index (χ1) is 7.47. The van der Waals surface area contributed by atoms with Gasteiger partial charge in [0.2, 0.25) is 5.91 Å². The Morgan fingerprint density at radius 2 is 2.19 bits per heavy atom. The number of anilines is 1. The molecule has 0 saturated heterocycles. The molecule has 1 unspecified atom stereocenters. The van der Waals surface area contributed by atoms with E-state index in [1.54, 1.807) is 33.0 Å². The summed E-state index contributed by atoms with van der Waals surface area (Å²) in [4.78, 5) is 13.3. The zero-order valence-corrected chi connectivity index (χ0v) is 9.83. The van der Waals surface area contributed by atoms with Crippen molar-refractivity contribution in [2.24, 2.45) is 11.7 Å². The van der Waals surface area contributed by atoms with Crippen LogP contribution in [0, 0.1) is 18.7 Å². The molecular formula is C12H17FN2O. The van der Waals surface area contributed by atoms with Gasteiger partial charge < -0.3 is 10.6 Å². The van der Waals surface area contributed by atoms with E-state index in [2.05, 4.69) is 0 Å². The average molecular weight is 224 g/mol.